The zero-order chi connectivity index (χ0) is 12.8. The second-order valence-electron chi connectivity index (χ2n) is 5.72. The molecular formula is C13H20O4. The molecule has 2 fully saturated rings. The van der Waals surface area contributed by atoms with Gasteiger partial charge in [-0.1, -0.05) is 13.8 Å². The Morgan fingerprint density at radius 1 is 1.00 bits per heavy atom. The van der Waals surface area contributed by atoms with Crippen LogP contribution in [-0.2, 0) is 19.1 Å². The molecule has 4 nitrogen and oxygen atoms in total. The molecule has 2 unspecified atom stereocenters. The molecule has 0 radical (unpaired) electrons. The third kappa shape index (κ3) is 1.24. The first-order chi connectivity index (χ1) is 7.92. The van der Waals surface area contributed by atoms with Crippen LogP contribution in [0.25, 0.3) is 0 Å². The quantitative estimate of drug-likeness (QED) is 0.545. The van der Waals surface area contributed by atoms with Crippen molar-refractivity contribution in [2.24, 2.45) is 22.7 Å². The third-order valence-corrected chi connectivity index (χ3v) is 5.10. The first-order valence-electron chi connectivity index (χ1n) is 6.09. The van der Waals surface area contributed by atoms with Crippen LogP contribution in [0, 0.1) is 22.7 Å². The van der Waals surface area contributed by atoms with Gasteiger partial charge >= 0.3 is 11.9 Å². The minimum atomic E-state index is -1.10. The topological polar surface area (TPSA) is 52.6 Å². The molecule has 2 aliphatic carbocycles. The van der Waals surface area contributed by atoms with Crippen LogP contribution in [0.1, 0.15) is 33.1 Å². The van der Waals surface area contributed by atoms with E-state index in [2.05, 4.69) is 0 Å². The average molecular weight is 240 g/mol. The minimum absolute atomic E-state index is 0.0717. The molecule has 2 saturated carbocycles. The van der Waals surface area contributed by atoms with E-state index in [0.717, 1.165) is 19.3 Å². The van der Waals surface area contributed by atoms with E-state index in [1.165, 1.54) is 14.2 Å². The van der Waals surface area contributed by atoms with Gasteiger partial charge in [0.25, 0.3) is 0 Å². The highest BCUT2D eigenvalue weighted by Gasteiger charge is 2.72. The molecular weight excluding hydrogens is 220 g/mol. The Morgan fingerprint density at radius 2 is 1.47 bits per heavy atom. The smallest absolute Gasteiger partial charge is 0.324 e. The van der Waals surface area contributed by atoms with Gasteiger partial charge in [-0.3, -0.25) is 9.59 Å². The van der Waals surface area contributed by atoms with Gasteiger partial charge in [0.2, 0.25) is 0 Å². The first-order valence-corrected chi connectivity index (χ1v) is 6.09. The summed E-state index contributed by atoms with van der Waals surface area (Å²) in [6, 6.07) is 0. The summed E-state index contributed by atoms with van der Waals surface area (Å²) in [5, 5.41) is 0. The van der Waals surface area contributed by atoms with Crippen molar-refractivity contribution in [3.8, 4) is 0 Å². The Kier molecular flexibility index (Phi) is 2.71. The largest absolute Gasteiger partial charge is 0.468 e. The summed E-state index contributed by atoms with van der Waals surface area (Å²) in [6.07, 6.45) is 2.93. The maximum Gasteiger partial charge on any atom is 0.324 e. The van der Waals surface area contributed by atoms with Crippen molar-refractivity contribution in [2.45, 2.75) is 33.1 Å². The second-order valence-corrected chi connectivity index (χ2v) is 5.72. The van der Waals surface area contributed by atoms with Crippen LogP contribution in [0.3, 0.4) is 0 Å². The first kappa shape index (κ1) is 12.4. The number of ether oxygens (including phenoxy) is 2. The lowest BCUT2D eigenvalue weighted by Gasteiger charge is -2.44. The standard InChI is InChI=1S/C13H20O4/c1-12(2)8-5-6-9(7-8)13(12,10(14)16-3)11(15)17-4/h8-9H,5-7H2,1-4H3. The summed E-state index contributed by atoms with van der Waals surface area (Å²) >= 11 is 0. The molecule has 2 bridgehead atoms. The Morgan fingerprint density at radius 3 is 1.82 bits per heavy atom. The highest BCUT2D eigenvalue weighted by atomic mass is 16.5. The van der Waals surface area contributed by atoms with Gasteiger partial charge in [0.05, 0.1) is 14.2 Å². The average Bonchev–Trinajstić information content (AvgIpc) is 2.85. The molecule has 0 aliphatic heterocycles. The number of rotatable bonds is 2. The third-order valence-electron chi connectivity index (χ3n) is 5.10. The van der Waals surface area contributed by atoms with E-state index in [9.17, 15) is 9.59 Å². The van der Waals surface area contributed by atoms with Gasteiger partial charge in [0.1, 0.15) is 0 Å². The molecule has 0 aromatic heterocycles. The van der Waals surface area contributed by atoms with Crippen molar-refractivity contribution in [3.05, 3.63) is 0 Å². The zero-order valence-electron chi connectivity index (χ0n) is 10.9. The fourth-order valence-electron chi connectivity index (χ4n) is 4.14. The maximum absolute atomic E-state index is 12.2. The summed E-state index contributed by atoms with van der Waals surface area (Å²) in [4.78, 5) is 24.4. The lowest BCUT2D eigenvalue weighted by Crippen LogP contribution is -2.55. The van der Waals surface area contributed by atoms with Gasteiger partial charge < -0.3 is 9.47 Å². The van der Waals surface area contributed by atoms with Crippen molar-refractivity contribution in [1.29, 1.82) is 0 Å². The van der Waals surface area contributed by atoms with E-state index < -0.39 is 17.4 Å². The van der Waals surface area contributed by atoms with Gasteiger partial charge in [-0.15, -0.1) is 0 Å². The molecule has 0 amide bonds. The normalized spacial score (nSPS) is 32.2. The predicted octanol–water partition coefficient (Wildman–Crippen LogP) is 1.77. The van der Waals surface area contributed by atoms with Crippen molar-refractivity contribution in [3.63, 3.8) is 0 Å². The molecule has 2 rings (SSSR count). The van der Waals surface area contributed by atoms with Crippen molar-refractivity contribution >= 4 is 11.9 Å². The molecule has 0 spiro atoms. The lowest BCUT2D eigenvalue weighted by atomic mass is 9.57. The predicted molar refractivity (Wildman–Crippen MR) is 61.1 cm³/mol. The molecule has 0 saturated heterocycles. The lowest BCUT2D eigenvalue weighted by molar-refractivity contribution is -0.184. The summed E-state index contributed by atoms with van der Waals surface area (Å²) in [5.74, 6) is -0.379. The van der Waals surface area contributed by atoms with Gasteiger partial charge in [-0.2, -0.15) is 0 Å². The zero-order valence-corrected chi connectivity index (χ0v) is 10.9. The van der Waals surface area contributed by atoms with Gasteiger partial charge in [-0.05, 0) is 36.5 Å². The van der Waals surface area contributed by atoms with Gasteiger partial charge in [0.15, 0.2) is 5.41 Å². The van der Waals surface area contributed by atoms with Crippen LogP contribution in [0.15, 0.2) is 0 Å². The van der Waals surface area contributed by atoms with E-state index in [-0.39, 0.29) is 11.3 Å². The summed E-state index contributed by atoms with van der Waals surface area (Å²) in [5.41, 5.74) is -1.48. The Balaban J connectivity index is 2.54. The van der Waals surface area contributed by atoms with E-state index >= 15 is 0 Å². The van der Waals surface area contributed by atoms with Crippen molar-refractivity contribution in [1.82, 2.24) is 0 Å². The fraction of sp³-hybridized carbons (Fsp3) is 0.846. The fourth-order valence-corrected chi connectivity index (χ4v) is 4.14. The van der Waals surface area contributed by atoms with Crippen LogP contribution < -0.4 is 0 Å². The molecule has 0 aromatic carbocycles. The van der Waals surface area contributed by atoms with E-state index in [1.54, 1.807) is 0 Å². The highest BCUT2D eigenvalue weighted by molar-refractivity contribution is 6.02. The van der Waals surface area contributed by atoms with Crippen LogP contribution in [0.4, 0.5) is 0 Å². The highest BCUT2D eigenvalue weighted by Crippen LogP contribution is 2.67. The van der Waals surface area contributed by atoms with E-state index in [4.69, 9.17) is 9.47 Å². The molecule has 2 aliphatic rings. The van der Waals surface area contributed by atoms with Crippen LogP contribution >= 0.6 is 0 Å². The SMILES string of the molecule is COC(=O)C1(C(=O)OC)C2CCC(C2)C1(C)C. The second kappa shape index (κ2) is 3.72. The number of carbonyl (C=O) groups excluding carboxylic acids is 2. The Labute approximate surface area is 102 Å². The number of hydrogen-bond donors (Lipinski definition) is 0. The molecule has 17 heavy (non-hydrogen) atoms. The van der Waals surface area contributed by atoms with Gasteiger partial charge in [-0.25, -0.2) is 0 Å². The monoisotopic (exact) mass is 240 g/mol. The van der Waals surface area contributed by atoms with E-state index in [1.807, 2.05) is 13.8 Å². The van der Waals surface area contributed by atoms with Crippen LogP contribution in [0.2, 0.25) is 0 Å². The minimum Gasteiger partial charge on any atom is -0.468 e. The van der Waals surface area contributed by atoms with E-state index in [0.29, 0.717) is 5.92 Å². The number of fused-ring (bicyclic) bond motifs is 2. The summed E-state index contributed by atoms with van der Waals surface area (Å²) in [7, 11) is 2.68. The number of hydrogen-bond acceptors (Lipinski definition) is 4. The molecule has 0 heterocycles. The number of esters is 2. The van der Waals surface area contributed by atoms with Gasteiger partial charge in [0, 0.05) is 0 Å². The van der Waals surface area contributed by atoms with Crippen LogP contribution in [0.5, 0.6) is 0 Å². The van der Waals surface area contributed by atoms with Crippen molar-refractivity contribution < 1.29 is 19.1 Å². The van der Waals surface area contributed by atoms with Crippen molar-refractivity contribution in [2.75, 3.05) is 14.2 Å². The molecule has 96 valence electrons. The molecule has 0 N–H and O–H groups in total. The Bertz CT molecular complexity index is 342. The molecule has 2 atom stereocenters. The van der Waals surface area contributed by atoms with Crippen LogP contribution in [-0.4, -0.2) is 26.2 Å². The Hall–Kier alpha value is -1.06. The molecule has 0 aromatic rings. The maximum atomic E-state index is 12.2. The molecule has 4 heteroatoms. The number of carbonyl (C=O) groups is 2. The summed E-state index contributed by atoms with van der Waals surface area (Å²) < 4.78 is 9.82. The summed E-state index contributed by atoms with van der Waals surface area (Å²) in [6.45, 7) is 3.98. The number of methoxy groups -OCH3 is 2.